The first-order valence-corrected chi connectivity index (χ1v) is 7.73. The van der Waals surface area contributed by atoms with Gasteiger partial charge in [-0.15, -0.1) is 0 Å². The Hall–Kier alpha value is -1.07. The molecule has 0 spiro atoms. The van der Waals surface area contributed by atoms with Crippen molar-refractivity contribution in [2.24, 2.45) is 11.7 Å². The Labute approximate surface area is 128 Å². The van der Waals surface area contributed by atoms with E-state index >= 15 is 0 Å². The van der Waals surface area contributed by atoms with Gasteiger partial charge in [-0.2, -0.15) is 0 Å². The topological polar surface area (TPSA) is 64.3 Å². The van der Waals surface area contributed by atoms with E-state index in [9.17, 15) is 4.79 Å². The summed E-state index contributed by atoms with van der Waals surface area (Å²) in [5.41, 5.74) is 6.83. The van der Waals surface area contributed by atoms with Crippen molar-refractivity contribution in [1.82, 2.24) is 5.32 Å². The number of nitrogens with two attached hydrogens (primary N) is 1. The average Bonchev–Trinajstić information content (AvgIpc) is 3.23. The molecule has 1 aromatic rings. The molecule has 1 fully saturated rings. The Morgan fingerprint density at radius 2 is 2.25 bits per heavy atom. The molecular weight excluding hydrogens is 320 g/mol. The van der Waals surface area contributed by atoms with Gasteiger partial charge >= 0.3 is 0 Å². The maximum atomic E-state index is 12.1. The average molecular weight is 341 g/mol. The third-order valence-corrected chi connectivity index (χ3v) is 4.15. The van der Waals surface area contributed by atoms with Gasteiger partial charge < -0.3 is 15.8 Å². The number of amides is 1. The minimum atomic E-state index is -0.540. The van der Waals surface area contributed by atoms with Crippen LogP contribution in [-0.2, 0) is 4.79 Å². The van der Waals surface area contributed by atoms with Gasteiger partial charge in [0.15, 0.2) is 6.10 Å². The van der Waals surface area contributed by atoms with Crippen molar-refractivity contribution >= 4 is 21.8 Å². The lowest BCUT2D eigenvalue weighted by atomic mass is 10.2. The van der Waals surface area contributed by atoms with E-state index in [0.29, 0.717) is 18.2 Å². The van der Waals surface area contributed by atoms with Crippen LogP contribution in [0.25, 0.3) is 0 Å². The summed E-state index contributed by atoms with van der Waals surface area (Å²) in [6.45, 7) is 4.24. The lowest BCUT2D eigenvalue weighted by Gasteiger charge is -2.20. The molecule has 1 aliphatic carbocycles. The predicted octanol–water partition coefficient (Wildman–Crippen LogP) is 2.38. The molecule has 0 saturated heterocycles. The van der Waals surface area contributed by atoms with Gasteiger partial charge in [0.25, 0.3) is 5.91 Å². The zero-order valence-electron chi connectivity index (χ0n) is 11.9. The highest BCUT2D eigenvalue weighted by Gasteiger charge is 2.32. The molecule has 1 aromatic carbocycles. The minimum absolute atomic E-state index is 0.0787. The van der Waals surface area contributed by atoms with Crippen molar-refractivity contribution in [3.8, 4) is 5.75 Å². The highest BCUT2D eigenvalue weighted by molar-refractivity contribution is 9.10. The monoisotopic (exact) mass is 340 g/mol. The number of benzene rings is 1. The molecule has 0 aliphatic heterocycles. The summed E-state index contributed by atoms with van der Waals surface area (Å²) in [4.78, 5) is 12.1. The van der Waals surface area contributed by atoms with Gasteiger partial charge in [0.2, 0.25) is 0 Å². The van der Waals surface area contributed by atoms with E-state index in [1.807, 2.05) is 25.1 Å². The van der Waals surface area contributed by atoms with E-state index in [2.05, 4.69) is 21.2 Å². The van der Waals surface area contributed by atoms with Gasteiger partial charge in [0, 0.05) is 12.6 Å². The number of rotatable bonds is 6. The van der Waals surface area contributed by atoms with Crippen LogP contribution in [-0.4, -0.2) is 24.6 Å². The lowest BCUT2D eigenvalue weighted by Crippen LogP contribution is -2.46. The molecule has 110 valence electrons. The highest BCUT2D eigenvalue weighted by Crippen LogP contribution is 2.32. The Morgan fingerprint density at radius 3 is 2.80 bits per heavy atom. The van der Waals surface area contributed by atoms with Crippen molar-refractivity contribution in [2.75, 3.05) is 6.54 Å². The Morgan fingerprint density at radius 1 is 1.55 bits per heavy atom. The third-order valence-electron chi connectivity index (χ3n) is 3.53. The number of nitrogens with one attached hydrogen (secondary N) is 1. The molecule has 1 saturated carbocycles. The second-order valence-corrected chi connectivity index (χ2v) is 6.24. The molecule has 0 bridgehead atoms. The molecular formula is C15H21BrN2O2. The molecule has 2 atom stereocenters. The van der Waals surface area contributed by atoms with Crippen LogP contribution in [0.1, 0.15) is 25.3 Å². The van der Waals surface area contributed by atoms with Crippen molar-refractivity contribution in [3.05, 3.63) is 28.2 Å². The SMILES string of the molecule is Cc1ccc(OC(C)C(=O)NC(CN)C2CC2)c(Br)c1. The summed E-state index contributed by atoms with van der Waals surface area (Å²) in [7, 11) is 0. The van der Waals surface area contributed by atoms with Crippen LogP contribution in [0.15, 0.2) is 22.7 Å². The summed E-state index contributed by atoms with van der Waals surface area (Å²) in [6.07, 6.45) is 1.77. The van der Waals surface area contributed by atoms with E-state index < -0.39 is 6.10 Å². The van der Waals surface area contributed by atoms with Crippen molar-refractivity contribution in [3.63, 3.8) is 0 Å². The highest BCUT2D eigenvalue weighted by atomic mass is 79.9. The van der Waals surface area contributed by atoms with E-state index in [0.717, 1.165) is 22.9 Å². The summed E-state index contributed by atoms with van der Waals surface area (Å²) < 4.78 is 6.56. The number of hydrogen-bond donors (Lipinski definition) is 2. The number of carbonyl (C=O) groups is 1. The third kappa shape index (κ3) is 3.96. The lowest BCUT2D eigenvalue weighted by molar-refractivity contribution is -0.128. The quantitative estimate of drug-likeness (QED) is 0.835. The van der Waals surface area contributed by atoms with Crippen LogP contribution in [0.3, 0.4) is 0 Å². The molecule has 4 nitrogen and oxygen atoms in total. The van der Waals surface area contributed by atoms with Gasteiger partial charge in [-0.1, -0.05) is 6.07 Å². The van der Waals surface area contributed by atoms with Gasteiger partial charge in [0.05, 0.1) is 4.47 Å². The largest absolute Gasteiger partial charge is 0.480 e. The van der Waals surface area contributed by atoms with Crippen molar-refractivity contribution in [2.45, 2.75) is 38.8 Å². The number of hydrogen-bond acceptors (Lipinski definition) is 3. The van der Waals surface area contributed by atoms with Crippen LogP contribution >= 0.6 is 15.9 Å². The maximum Gasteiger partial charge on any atom is 0.261 e. The standard InChI is InChI=1S/C15H21BrN2O2/c1-9-3-6-14(12(16)7-9)20-10(2)15(19)18-13(8-17)11-4-5-11/h3,6-7,10-11,13H,4-5,8,17H2,1-2H3,(H,18,19). The predicted molar refractivity (Wildman–Crippen MR) is 82.7 cm³/mol. The molecule has 0 radical (unpaired) electrons. The molecule has 2 unspecified atom stereocenters. The fraction of sp³-hybridized carbons (Fsp3) is 0.533. The van der Waals surface area contributed by atoms with Crippen LogP contribution in [0.5, 0.6) is 5.75 Å². The molecule has 1 amide bonds. The van der Waals surface area contributed by atoms with Gasteiger partial charge in [0.1, 0.15) is 5.75 Å². The normalized spacial score (nSPS) is 17.4. The summed E-state index contributed by atoms with van der Waals surface area (Å²) in [5, 5.41) is 2.98. The Bertz CT molecular complexity index is 489. The Kier molecular flexibility index (Phi) is 5.05. The zero-order valence-corrected chi connectivity index (χ0v) is 13.4. The number of halogens is 1. The zero-order chi connectivity index (χ0) is 14.7. The van der Waals surface area contributed by atoms with E-state index in [1.54, 1.807) is 6.92 Å². The summed E-state index contributed by atoms with van der Waals surface area (Å²) >= 11 is 3.45. The van der Waals surface area contributed by atoms with Crippen LogP contribution < -0.4 is 15.8 Å². The second kappa shape index (κ2) is 6.59. The van der Waals surface area contributed by atoms with E-state index in [1.165, 1.54) is 0 Å². The molecule has 2 rings (SSSR count). The smallest absolute Gasteiger partial charge is 0.261 e. The maximum absolute atomic E-state index is 12.1. The molecule has 5 heteroatoms. The van der Waals surface area contributed by atoms with E-state index in [4.69, 9.17) is 10.5 Å². The number of aryl methyl sites for hydroxylation is 1. The summed E-state index contributed by atoms with van der Waals surface area (Å²) in [6, 6.07) is 5.87. The fourth-order valence-corrected chi connectivity index (χ4v) is 2.70. The first-order valence-electron chi connectivity index (χ1n) is 6.94. The van der Waals surface area contributed by atoms with Gasteiger partial charge in [-0.05, 0) is 66.2 Å². The van der Waals surface area contributed by atoms with E-state index in [-0.39, 0.29) is 11.9 Å². The van der Waals surface area contributed by atoms with Gasteiger partial charge in [-0.25, -0.2) is 0 Å². The molecule has 20 heavy (non-hydrogen) atoms. The molecule has 0 aromatic heterocycles. The minimum Gasteiger partial charge on any atom is -0.480 e. The Balaban J connectivity index is 1.93. The molecule has 1 aliphatic rings. The first kappa shape index (κ1) is 15.3. The number of ether oxygens (including phenoxy) is 1. The second-order valence-electron chi connectivity index (χ2n) is 5.38. The molecule has 0 heterocycles. The van der Waals surface area contributed by atoms with Crippen molar-refractivity contribution < 1.29 is 9.53 Å². The van der Waals surface area contributed by atoms with Crippen molar-refractivity contribution in [1.29, 1.82) is 0 Å². The molecule has 3 N–H and O–H groups in total. The van der Waals surface area contributed by atoms with Crippen LogP contribution in [0, 0.1) is 12.8 Å². The fourth-order valence-electron chi connectivity index (χ4n) is 2.11. The first-order chi connectivity index (χ1) is 9.51. The summed E-state index contributed by atoms with van der Waals surface area (Å²) in [5.74, 6) is 1.11. The van der Waals surface area contributed by atoms with Gasteiger partial charge in [-0.3, -0.25) is 4.79 Å². The van der Waals surface area contributed by atoms with Crippen LogP contribution in [0.2, 0.25) is 0 Å². The number of carbonyl (C=O) groups excluding carboxylic acids is 1. The van der Waals surface area contributed by atoms with Crippen LogP contribution in [0.4, 0.5) is 0 Å².